The number of hydrogen-bond acceptors (Lipinski definition) is 4. The number of rotatable bonds is 8. The van der Waals surface area contributed by atoms with E-state index in [9.17, 15) is 14.7 Å². The number of benzene rings is 2. The predicted octanol–water partition coefficient (Wildman–Crippen LogP) is 5.82. The minimum Gasteiger partial charge on any atom is -0.507 e. The Morgan fingerprint density at radius 2 is 1.62 bits per heavy atom. The zero-order valence-electron chi connectivity index (χ0n) is 19.6. The largest absolute Gasteiger partial charge is 0.507 e. The average Bonchev–Trinajstić information content (AvgIpc) is 3.02. The van der Waals surface area contributed by atoms with Gasteiger partial charge in [0.2, 0.25) is 0 Å². The van der Waals surface area contributed by atoms with E-state index in [0.717, 1.165) is 18.4 Å². The van der Waals surface area contributed by atoms with Crippen LogP contribution in [-0.2, 0) is 9.59 Å². The summed E-state index contributed by atoms with van der Waals surface area (Å²) in [5.41, 5.74) is 2.63. The molecule has 1 saturated heterocycles. The van der Waals surface area contributed by atoms with E-state index in [-0.39, 0.29) is 17.4 Å². The second-order valence-electron chi connectivity index (χ2n) is 8.86. The van der Waals surface area contributed by atoms with Crippen LogP contribution in [0.15, 0.2) is 54.1 Å². The number of likely N-dealkylation sites (tertiary alicyclic amines) is 1. The van der Waals surface area contributed by atoms with Crippen molar-refractivity contribution in [1.82, 2.24) is 4.90 Å². The molecule has 1 unspecified atom stereocenters. The second kappa shape index (κ2) is 10.0. The van der Waals surface area contributed by atoms with E-state index in [1.165, 1.54) is 5.56 Å². The van der Waals surface area contributed by atoms with E-state index >= 15 is 0 Å². The number of ketones is 1. The first kappa shape index (κ1) is 23.6. The number of aliphatic hydroxyl groups excluding tert-OH is 1. The highest BCUT2D eigenvalue weighted by Gasteiger charge is 2.45. The van der Waals surface area contributed by atoms with Crippen LogP contribution in [0.4, 0.5) is 0 Å². The Morgan fingerprint density at radius 3 is 2.16 bits per heavy atom. The van der Waals surface area contributed by atoms with Gasteiger partial charge in [-0.15, -0.1) is 0 Å². The fourth-order valence-corrected chi connectivity index (χ4v) is 3.97. The van der Waals surface area contributed by atoms with Gasteiger partial charge in [-0.05, 0) is 61.6 Å². The first-order chi connectivity index (χ1) is 15.2. The van der Waals surface area contributed by atoms with Crippen LogP contribution >= 0.6 is 0 Å². The van der Waals surface area contributed by atoms with Crippen LogP contribution in [0.3, 0.4) is 0 Å². The van der Waals surface area contributed by atoms with Gasteiger partial charge in [0, 0.05) is 12.1 Å². The highest BCUT2D eigenvalue weighted by Crippen LogP contribution is 2.40. The third-order valence-electron chi connectivity index (χ3n) is 5.71. The third kappa shape index (κ3) is 4.87. The van der Waals surface area contributed by atoms with Crippen molar-refractivity contribution < 1.29 is 19.4 Å². The number of hydrogen-bond donors (Lipinski definition) is 1. The van der Waals surface area contributed by atoms with Crippen LogP contribution in [-0.4, -0.2) is 34.3 Å². The molecule has 1 fully saturated rings. The normalized spacial score (nSPS) is 18.1. The van der Waals surface area contributed by atoms with Crippen LogP contribution in [0.1, 0.15) is 76.1 Å². The average molecular weight is 436 g/mol. The van der Waals surface area contributed by atoms with E-state index in [1.807, 2.05) is 45.0 Å². The molecule has 0 aliphatic carbocycles. The monoisotopic (exact) mass is 435 g/mol. The van der Waals surface area contributed by atoms with Gasteiger partial charge in [0.1, 0.15) is 11.5 Å². The number of nitrogens with zero attached hydrogens (tertiary/aromatic N) is 1. The maximum atomic E-state index is 13.0. The van der Waals surface area contributed by atoms with E-state index < -0.39 is 17.7 Å². The number of unbranched alkanes of at least 4 members (excludes halogenated alkanes) is 1. The fraction of sp³-hybridized carbons (Fsp3) is 0.407. The lowest BCUT2D eigenvalue weighted by Gasteiger charge is -2.25. The van der Waals surface area contributed by atoms with Crippen molar-refractivity contribution in [3.63, 3.8) is 0 Å². The van der Waals surface area contributed by atoms with Gasteiger partial charge in [0.05, 0.1) is 17.7 Å². The predicted molar refractivity (Wildman–Crippen MR) is 127 cm³/mol. The Hall–Kier alpha value is -3.08. The van der Waals surface area contributed by atoms with Crippen LogP contribution in [0, 0.1) is 0 Å². The summed E-state index contributed by atoms with van der Waals surface area (Å²) in [5.74, 6) is -0.295. The smallest absolute Gasteiger partial charge is 0.295 e. The van der Waals surface area contributed by atoms with Crippen molar-refractivity contribution in [3.05, 3.63) is 70.8 Å². The molecule has 170 valence electrons. The van der Waals surface area contributed by atoms with Crippen molar-refractivity contribution >= 4 is 17.4 Å². The molecule has 2 aromatic carbocycles. The molecule has 32 heavy (non-hydrogen) atoms. The molecule has 1 N–H and O–H groups in total. The summed E-state index contributed by atoms with van der Waals surface area (Å²) in [5, 5.41) is 11.1. The van der Waals surface area contributed by atoms with Crippen LogP contribution < -0.4 is 4.74 Å². The fourth-order valence-electron chi connectivity index (χ4n) is 3.97. The molecular weight excluding hydrogens is 402 g/mol. The molecule has 1 aliphatic heterocycles. The standard InChI is InChI=1S/C27H33NO4/c1-6-7-16-28-24(20-10-8-19(9-11-20)17(2)3)23(26(30)27(28)31)25(29)21-12-14-22(15-13-21)32-18(4)5/h8-15,17-18,24,29H,6-7,16H2,1-5H3/b25-23-. The number of ether oxygens (including phenoxy) is 1. The molecule has 1 heterocycles. The zero-order valence-corrected chi connectivity index (χ0v) is 19.6. The number of aliphatic hydroxyl groups is 1. The minimum absolute atomic E-state index is 0.0344. The van der Waals surface area contributed by atoms with Crippen molar-refractivity contribution in [1.29, 1.82) is 0 Å². The Morgan fingerprint density at radius 1 is 1.00 bits per heavy atom. The second-order valence-corrected chi connectivity index (χ2v) is 8.86. The van der Waals surface area contributed by atoms with Crippen molar-refractivity contribution in [2.45, 2.75) is 65.5 Å². The molecule has 2 aromatic rings. The first-order valence-electron chi connectivity index (χ1n) is 11.4. The number of Topliss-reactive ketones (excluding diaryl/α,β-unsaturated/α-hetero) is 1. The lowest BCUT2D eigenvalue weighted by atomic mass is 9.93. The van der Waals surface area contributed by atoms with Gasteiger partial charge in [0.15, 0.2) is 0 Å². The van der Waals surface area contributed by atoms with Crippen molar-refractivity contribution in [3.8, 4) is 5.75 Å². The lowest BCUT2D eigenvalue weighted by molar-refractivity contribution is -0.139. The van der Waals surface area contributed by atoms with Gasteiger partial charge in [-0.2, -0.15) is 0 Å². The van der Waals surface area contributed by atoms with E-state index in [1.54, 1.807) is 29.2 Å². The Balaban J connectivity index is 2.07. The summed E-state index contributed by atoms with van der Waals surface area (Å²) in [6.07, 6.45) is 1.72. The van der Waals surface area contributed by atoms with Crippen LogP contribution in [0.2, 0.25) is 0 Å². The lowest BCUT2D eigenvalue weighted by Crippen LogP contribution is -2.30. The summed E-state index contributed by atoms with van der Waals surface area (Å²) in [4.78, 5) is 27.5. The molecule has 5 heteroatoms. The Kier molecular flexibility index (Phi) is 7.39. The molecular formula is C27H33NO4. The molecule has 3 rings (SSSR count). The Labute approximate surface area is 190 Å². The summed E-state index contributed by atoms with van der Waals surface area (Å²) in [6.45, 7) is 10.6. The highest BCUT2D eigenvalue weighted by atomic mass is 16.5. The van der Waals surface area contributed by atoms with Crippen LogP contribution in [0.25, 0.3) is 5.76 Å². The quantitative estimate of drug-likeness (QED) is 0.322. The van der Waals surface area contributed by atoms with E-state index in [2.05, 4.69) is 13.8 Å². The molecule has 0 radical (unpaired) electrons. The van der Waals surface area contributed by atoms with E-state index in [4.69, 9.17) is 4.74 Å². The minimum atomic E-state index is -0.640. The number of carbonyl (C=O) groups excluding carboxylic acids is 2. The summed E-state index contributed by atoms with van der Waals surface area (Å²) in [6, 6.07) is 14.3. The summed E-state index contributed by atoms with van der Waals surface area (Å²) >= 11 is 0. The maximum absolute atomic E-state index is 13.0. The van der Waals surface area contributed by atoms with Gasteiger partial charge in [-0.25, -0.2) is 0 Å². The zero-order chi connectivity index (χ0) is 23.4. The Bertz CT molecular complexity index is 987. The highest BCUT2D eigenvalue weighted by molar-refractivity contribution is 6.46. The van der Waals surface area contributed by atoms with Gasteiger partial charge in [-0.1, -0.05) is 51.5 Å². The number of amides is 1. The summed E-state index contributed by atoms with van der Waals surface area (Å²) in [7, 11) is 0. The molecule has 5 nitrogen and oxygen atoms in total. The number of carbonyl (C=O) groups is 2. The van der Waals surface area contributed by atoms with Crippen LogP contribution in [0.5, 0.6) is 5.75 Å². The maximum Gasteiger partial charge on any atom is 0.295 e. The topological polar surface area (TPSA) is 66.8 Å². The molecule has 1 atom stereocenters. The van der Waals surface area contributed by atoms with Crippen molar-refractivity contribution in [2.75, 3.05) is 6.54 Å². The third-order valence-corrected chi connectivity index (χ3v) is 5.71. The SMILES string of the molecule is CCCCN1C(=O)C(=O)/C(=C(\O)c2ccc(OC(C)C)cc2)C1c1ccc(C(C)C)cc1. The first-order valence-corrected chi connectivity index (χ1v) is 11.4. The molecule has 0 bridgehead atoms. The van der Waals surface area contributed by atoms with E-state index in [0.29, 0.717) is 23.8 Å². The van der Waals surface area contributed by atoms with Gasteiger partial charge in [-0.3, -0.25) is 9.59 Å². The van der Waals surface area contributed by atoms with Gasteiger partial charge < -0.3 is 14.7 Å². The molecule has 0 saturated carbocycles. The molecule has 1 aliphatic rings. The molecule has 0 aromatic heterocycles. The van der Waals surface area contributed by atoms with Gasteiger partial charge >= 0.3 is 0 Å². The molecule has 0 spiro atoms. The summed E-state index contributed by atoms with van der Waals surface area (Å²) < 4.78 is 5.67. The van der Waals surface area contributed by atoms with Crippen molar-refractivity contribution in [2.24, 2.45) is 0 Å². The molecule has 1 amide bonds. The van der Waals surface area contributed by atoms with Gasteiger partial charge in [0.25, 0.3) is 11.7 Å².